The Morgan fingerprint density at radius 3 is 2.67 bits per heavy atom. The van der Waals surface area contributed by atoms with Crippen LogP contribution < -0.4 is 0 Å². The van der Waals surface area contributed by atoms with Crippen molar-refractivity contribution in [1.29, 1.82) is 0 Å². The first-order chi connectivity index (χ1) is 5.58. The normalized spacial score (nSPS) is 10.2. The van der Waals surface area contributed by atoms with Gasteiger partial charge in [-0.3, -0.25) is 4.98 Å². The molecule has 0 saturated carbocycles. The van der Waals surface area contributed by atoms with E-state index in [1.807, 2.05) is 12.1 Å². The summed E-state index contributed by atoms with van der Waals surface area (Å²) in [5, 5.41) is 0. The van der Waals surface area contributed by atoms with E-state index in [1.165, 1.54) is 0 Å². The number of pyridine rings is 1. The highest BCUT2D eigenvalue weighted by Crippen LogP contribution is 1.98. The van der Waals surface area contributed by atoms with E-state index in [0.29, 0.717) is 0 Å². The SMILES string of the molecule is C[Si](C)(C)C#Cc1[c]nccc1. The van der Waals surface area contributed by atoms with Gasteiger partial charge in [0.25, 0.3) is 0 Å². The summed E-state index contributed by atoms with van der Waals surface area (Å²) in [6.07, 6.45) is 4.55. The number of rotatable bonds is 0. The fourth-order valence-electron chi connectivity index (χ4n) is 0.651. The maximum atomic E-state index is 3.87. The third-order valence-corrected chi connectivity index (χ3v) is 2.06. The van der Waals surface area contributed by atoms with Crippen molar-refractivity contribution in [2.75, 3.05) is 0 Å². The topological polar surface area (TPSA) is 12.9 Å². The summed E-state index contributed by atoms with van der Waals surface area (Å²) in [4.78, 5) is 3.87. The first kappa shape index (κ1) is 9.02. The molecule has 1 aromatic rings. The minimum atomic E-state index is -1.25. The molecule has 61 valence electrons. The number of nitrogens with zero attached hydrogens (tertiary/aromatic N) is 1. The van der Waals surface area contributed by atoms with Crippen LogP contribution in [0.1, 0.15) is 5.56 Å². The number of aromatic nitrogens is 1. The van der Waals surface area contributed by atoms with Crippen molar-refractivity contribution in [1.82, 2.24) is 4.98 Å². The molecule has 0 aliphatic heterocycles. The number of hydrogen-bond donors (Lipinski definition) is 0. The lowest BCUT2D eigenvalue weighted by molar-refractivity contribution is 1.30. The van der Waals surface area contributed by atoms with Gasteiger partial charge in [0.15, 0.2) is 0 Å². The van der Waals surface area contributed by atoms with Gasteiger partial charge in [0.1, 0.15) is 14.3 Å². The maximum Gasteiger partial charge on any atom is 0.129 e. The average molecular weight is 174 g/mol. The molecule has 0 aliphatic rings. The van der Waals surface area contributed by atoms with Gasteiger partial charge in [-0.1, -0.05) is 25.6 Å². The van der Waals surface area contributed by atoms with E-state index < -0.39 is 8.07 Å². The van der Waals surface area contributed by atoms with Gasteiger partial charge in [0.05, 0.1) is 5.56 Å². The predicted molar refractivity (Wildman–Crippen MR) is 53.3 cm³/mol. The molecule has 0 bridgehead atoms. The molecule has 1 rings (SSSR count). The lowest BCUT2D eigenvalue weighted by atomic mass is 10.3. The molecule has 1 nitrogen and oxygen atoms in total. The van der Waals surface area contributed by atoms with Crippen LogP contribution in [-0.4, -0.2) is 13.1 Å². The molecule has 0 unspecified atom stereocenters. The molecule has 0 fully saturated rings. The summed E-state index contributed by atoms with van der Waals surface area (Å²) < 4.78 is 0. The minimum Gasteiger partial charge on any atom is -0.253 e. The van der Waals surface area contributed by atoms with Crippen LogP contribution in [0.5, 0.6) is 0 Å². The van der Waals surface area contributed by atoms with Crippen LogP contribution in [0.3, 0.4) is 0 Å². The Balaban J connectivity index is 2.81. The van der Waals surface area contributed by atoms with Crippen LogP contribution in [0.2, 0.25) is 19.6 Å². The lowest BCUT2D eigenvalue weighted by Gasteiger charge is -2.02. The van der Waals surface area contributed by atoms with Crippen LogP contribution in [0, 0.1) is 17.7 Å². The van der Waals surface area contributed by atoms with Gasteiger partial charge in [-0.15, -0.1) is 5.54 Å². The summed E-state index contributed by atoms with van der Waals surface area (Å²) >= 11 is 0. The highest BCUT2D eigenvalue weighted by molar-refractivity contribution is 6.83. The Labute approximate surface area is 74.9 Å². The molecular formula is C10H12NSi. The van der Waals surface area contributed by atoms with Gasteiger partial charge in [-0.05, 0) is 12.1 Å². The molecule has 0 saturated heterocycles. The largest absolute Gasteiger partial charge is 0.253 e. The lowest BCUT2D eigenvalue weighted by Crippen LogP contribution is -2.16. The minimum absolute atomic E-state index is 0.889. The summed E-state index contributed by atoms with van der Waals surface area (Å²) in [5.41, 5.74) is 4.14. The van der Waals surface area contributed by atoms with Crippen molar-refractivity contribution in [3.05, 3.63) is 30.1 Å². The number of hydrogen-bond acceptors (Lipinski definition) is 1. The Hall–Kier alpha value is -1.07. The van der Waals surface area contributed by atoms with E-state index in [2.05, 4.69) is 42.3 Å². The van der Waals surface area contributed by atoms with Gasteiger partial charge in [0.2, 0.25) is 0 Å². The van der Waals surface area contributed by atoms with Crippen LogP contribution in [0.25, 0.3) is 0 Å². The van der Waals surface area contributed by atoms with Gasteiger partial charge < -0.3 is 0 Å². The maximum absolute atomic E-state index is 3.87. The van der Waals surface area contributed by atoms with Crippen LogP contribution in [0.15, 0.2) is 18.3 Å². The van der Waals surface area contributed by atoms with Crippen molar-refractivity contribution in [3.8, 4) is 11.5 Å². The third-order valence-electron chi connectivity index (χ3n) is 1.18. The van der Waals surface area contributed by atoms with Crippen LogP contribution in [-0.2, 0) is 0 Å². The van der Waals surface area contributed by atoms with Crippen molar-refractivity contribution in [2.45, 2.75) is 19.6 Å². The summed E-state index contributed by atoms with van der Waals surface area (Å²) in [5.74, 6) is 3.08. The summed E-state index contributed by atoms with van der Waals surface area (Å²) in [6.45, 7) is 6.66. The molecule has 0 aromatic carbocycles. The zero-order chi connectivity index (χ0) is 9.03. The Bertz CT molecular complexity index is 300. The Morgan fingerprint density at radius 2 is 2.17 bits per heavy atom. The average Bonchev–Trinajstić information content (AvgIpc) is 2.02. The van der Waals surface area contributed by atoms with Crippen molar-refractivity contribution in [3.63, 3.8) is 0 Å². The quantitative estimate of drug-likeness (QED) is 0.433. The zero-order valence-electron chi connectivity index (χ0n) is 7.68. The van der Waals surface area contributed by atoms with E-state index in [0.717, 1.165) is 5.56 Å². The molecule has 0 N–H and O–H groups in total. The second-order valence-corrected chi connectivity index (χ2v) is 8.41. The summed E-state index contributed by atoms with van der Waals surface area (Å²) in [7, 11) is -1.25. The third kappa shape index (κ3) is 3.36. The van der Waals surface area contributed by atoms with E-state index in [1.54, 1.807) is 6.20 Å². The smallest absolute Gasteiger partial charge is 0.129 e. The fourth-order valence-corrected chi connectivity index (χ4v) is 1.16. The fraction of sp³-hybridized carbons (Fsp3) is 0.300. The van der Waals surface area contributed by atoms with E-state index in [-0.39, 0.29) is 0 Å². The predicted octanol–water partition coefficient (Wildman–Crippen LogP) is 2.11. The standard InChI is InChI=1S/C10H12NSi/c1-12(2,3)8-6-10-5-4-7-11-9-10/h4-5,7H,1-3H3. The van der Waals surface area contributed by atoms with Gasteiger partial charge in [-0.2, -0.15) is 0 Å². The van der Waals surface area contributed by atoms with Crippen molar-refractivity contribution >= 4 is 8.07 Å². The van der Waals surface area contributed by atoms with E-state index >= 15 is 0 Å². The molecular weight excluding hydrogens is 162 g/mol. The molecule has 0 amide bonds. The Morgan fingerprint density at radius 1 is 1.42 bits per heavy atom. The summed E-state index contributed by atoms with van der Waals surface area (Å²) in [6, 6.07) is 3.81. The second-order valence-electron chi connectivity index (χ2n) is 3.66. The Kier molecular flexibility index (Phi) is 2.67. The molecule has 1 radical (unpaired) electrons. The molecule has 0 spiro atoms. The zero-order valence-corrected chi connectivity index (χ0v) is 8.68. The van der Waals surface area contributed by atoms with E-state index in [9.17, 15) is 0 Å². The first-order valence-corrected chi connectivity index (χ1v) is 7.44. The van der Waals surface area contributed by atoms with Crippen LogP contribution in [0.4, 0.5) is 0 Å². The van der Waals surface area contributed by atoms with Gasteiger partial charge >= 0.3 is 0 Å². The van der Waals surface area contributed by atoms with Crippen molar-refractivity contribution < 1.29 is 0 Å². The monoisotopic (exact) mass is 174 g/mol. The second kappa shape index (κ2) is 3.55. The first-order valence-electron chi connectivity index (χ1n) is 3.94. The molecule has 0 atom stereocenters. The van der Waals surface area contributed by atoms with Gasteiger partial charge in [0, 0.05) is 6.20 Å². The molecule has 1 aromatic heterocycles. The molecule has 2 heteroatoms. The highest BCUT2D eigenvalue weighted by Gasteiger charge is 2.07. The molecule has 0 aliphatic carbocycles. The van der Waals surface area contributed by atoms with Crippen LogP contribution >= 0.6 is 0 Å². The van der Waals surface area contributed by atoms with Gasteiger partial charge in [-0.25, -0.2) is 0 Å². The van der Waals surface area contributed by atoms with E-state index in [4.69, 9.17) is 0 Å². The molecule has 1 heterocycles. The highest BCUT2D eigenvalue weighted by atomic mass is 28.3. The van der Waals surface area contributed by atoms with Crippen molar-refractivity contribution in [2.24, 2.45) is 0 Å². The molecule has 12 heavy (non-hydrogen) atoms.